The SMILES string of the molecule is COC(=O)C1(C(=O)OC)Cc2ccccc2N2CCc3ccccc3[C@H]21. The van der Waals surface area contributed by atoms with E-state index < -0.39 is 23.4 Å². The van der Waals surface area contributed by atoms with Gasteiger partial charge in [-0.25, -0.2) is 0 Å². The highest BCUT2D eigenvalue weighted by Gasteiger charge is 2.60. The predicted molar refractivity (Wildman–Crippen MR) is 96.8 cm³/mol. The van der Waals surface area contributed by atoms with Crippen molar-refractivity contribution < 1.29 is 19.1 Å². The summed E-state index contributed by atoms with van der Waals surface area (Å²) in [6.45, 7) is 0.731. The van der Waals surface area contributed by atoms with Crippen molar-refractivity contribution in [2.24, 2.45) is 5.41 Å². The van der Waals surface area contributed by atoms with Gasteiger partial charge in [-0.2, -0.15) is 0 Å². The number of hydrogen-bond donors (Lipinski definition) is 0. The van der Waals surface area contributed by atoms with Gasteiger partial charge >= 0.3 is 11.9 Å². The van der Waals surface area contributed by atoms with Crippen LogP contribution in [0.1, 0.15) is 22.7 Å². The maximum absolute atomic E-state index is 13.0. The highest BCUT2D eigenvalue weighted by atomic mass is 16.5. The van der Waals surface area contributed by atoms with Gasteiger partial charge in [0.05, 0.1) is 20.3 Å². The molecule has 0 N–H and O–H groups in total. The molecule has 2 aromatic rings. The number of benzene rings is 2. The van der Waals surface area contributed by atoms with Crippen LogP contribution in [0.15, 0.2) is 48.5 Å². The Labute approximate surface area is 152 Å². The lowest BCUT2D eigenvalue weighted by molar-refractivity contribution is -0.171. The van der Waals surface area contributed by atoms with Gasteiger partial charge in [0, 0.05) is 18.7 Å². The highest BCUT2D eigenvalue weighted by Crippen LogP contribution is 2.53. The number of fused-ring (bicyclic) bond motifs is 5. The zero-order chi connectivity index (χ0) is 18.3. The van der Waals surface area contributed by atoms with Crippen molar-refractivity contribution in [3.05, 3.63) is 65.2 Å². The zero-order valence-corrected chi connectivity index (χ0v) is 14.9. The Morgan fingerprint density at radius 3 is 2.27 bits per heavy atom. The van der Waals surface area contributed by atoms with Crippen LogP contribution in [0.5, 0.6) is 0 Å². The maximum atomic E-state index is 13.0. The van der Waals surface area contributed by atoms with Crippen LogP contribution in [0.3, 0.4) is 0 Å². The number of hydrogen-bond acceptors (Lipinski definition) is 5. The Kier molecular flexibility index (Phi) is 3.94. The van der Waals surface area contributed by atoms with Gasteiger partial charge < -0.3 is 14.4 Å². The Bertz CT molecular complexity index is 860. The topological polar surface area (TPSA) is 55.8 Å². The summed E-state index contributed by atoms with van der Waals surface area (Å²) in [4.78, 5) is 28.2. The Balaban J connectivity index is 2.01. The minimum Gasteiger partial charge on any atom is -0.468 e. The zero-order valence-electron chi connectivity index (χ0n) is 14.9. The number of methoxy groups -OCH3 is 2. The Hall–Kier alpha value is -2.82. The van der Waals surface area contributed by atoms with E-state index in [-0.39, 0.29) is 6.42 Å². The van der Waals surface area contributed by atoms with E-state index in [0.29, 0.717) is 0 Å². The number of nitrogens with zero attached hydrogens (tertiary/aromatic N) is 1. The molecule has 5 nitrogen and oxygen atoms in total. The number of anilines is 1. The van der Waals surface area contributed by atoms with Gasteiger partial charge in [-0.3, -0.25) is 9.59 Å². The first-order valence-electron chi connectivity index (χ1n) is 8.72. The van der Waals surface area contributed by atoms with Crippen molar-refractivity contribution in [2.45, 2.75) is 18.9 Å². The number of ether oxygens (including phenoxy) is 2. The highest BCUT2D eigenvalue weighted by molar-refractivity contribution is 6.03. The standard InChI is InChI=1S/C21H21NO4/c1-25-19(23)21(20(24)26-2)13-15-8-4-6-10-17(15)22-12-11-14-7-3-5-9-16(14)18(21)22/h3-10,18H,11-13H2,1-2H3/t18-/m0/s1. The molecule has 0 spiro atoms. The van der Waals surface area contributed by atoms with E-state index in [1.165, 1.54) is 14.2 Å². The molecule has 4 rings (SSSR count). The second-order valence-corrected chi connectivity index (χ2v) is 6.80. The fraction of sp³-hybridized carbons (Fsp3) is 0.333. The van der Waals surface area contributed by atoms with Crippen LogP contribution in [0.4, 0.5) is 5.69 Å². The molecule has 26 heavy (non-hydrogen) atoms. The third-order valence-corrected chi connectivity index (χ3v) is 5.62. The van der Waals surface area contributed by atoms with Crippen molar-refractivity contribution in [1.82, 2.24) is 0 Å². The van der Waals surface area contributed by atoms with Gasteiger partial charge in [0.25, 0.3) is 0 Å². The number of esters is 2. The lowest BCUT2D eigenvalue weighted by Crippen LogP contribution is -2.58. The molecule has 1 atom stereocenters. The fourth-order valence-electron chi connectivity index (χ4n) is 4.51. The van der Waals surface area contributed by atoms with Gasteiger partial charge in [0.2, 0.25) is 0 Å². The van der Waals surface area contributed by atoms with E-state index in [9.17, 15) is 9.59 Å². The molecule has 0 amide bonds. The minimum absolute atomic E-state index is 0.262. The summed E-state index contributed by atoms with van der Waals surface area (Å²) < 4.78 is 10.3. The first kappa shape index (κ1) is 16.6. The molecule has 2 heterocycles. The molecule has 5 heteroatoms. The van der Waals surface area contributed by atoms with Gasteiger partial charge in [0.15, 0.2) is 5.41 Å². The second-order valence-electron chi connectivity index (χ2n) is 6.80. The third-order valence-electron chi connectivity index (χ3n) is 5.62. The van der Waals surface area contributed by atoms with Crippen LogP contribution in [-0.2, 0) is 31.9 Å². The van der Waals surface area contributed by atoms with E-state index in [1.807, 2.05) is 36.4 Å². The molecule has 0 saturated heterocycles. The largest absolute Gasteiger partial charge is 0.468 e. The molecule has 0 unspecified atom stereocenters. The van der Waals surface area contributed by atoms with Crippen LogP contribution in [0.2, 0.25) is 0 Å². The van der Waals surface area contributed by atoms with Gasteiger partial charge in [0.1, 0.15) is 0 Å². The minimum atomic E-state index is -1.42. The van der Waals surface area contributed by atoms with Crippen molar-refractivity contribution >= 4 is 17.6 Å². The molecule has 0 saturated carbocycles. The number of para-hydroxylation sites is 1. The summed E-state index contributed by atoms with van der Waals surface area (Å²) in [5.74, 6) is -1.10. The third kappa shape index (κ3) is 2.16. The van der Waals surface area contributed by atoms with E-state index in [0.717, 1.165) is 35.3 Å². The predicted octanol–water partition coefficient (Wildman–Crippen LogP) is 2.68. The molecule has 0 aliphatic carbocycles. The van der Waals surface area contributed by atoms with Crippen LogP contribution in [0.25, 0.3) is 0 Å². The summed E-state index contributed by atoms with van der Waals surface area (Å²) in [6.07, 6.45) is 1.12. The molecule has 134 valence electrons. The smallest absolute Gasteiger partial charge is 0.326 e. The van der Waals surface area contributed by atoms with Crippen LogP contribution in [-0.4, -0.2) is 32.7 Å². The summed E-state index contributed by atoms with van der Waals surface area (Å²) in [6, 6.07) is 15.5. The second kappa shape index (κ2) is 6.16. The summed E-state index contributed by atoms with van der Waals surface area (Å²) in [5, 5.41) is 0. The van der Waals surface area contributed by atoms with Gasteiger partial charge in [-0.1, -0.05) is 42.5 Å². The number of rotatable bonds is 2. The molecule has 0 bridgehead atoms. The molecule has 2 aliphatic rings. The lowest BCUT2D eigenvalue weighted by Gasteiger charge is -2.50. The van der Waals surface area contributed by atoms with E-state index >= 15 is 0 Å². The normalized spacial score (nSPS) is 19.6. The van der Waals surface area contributed by atoms with E-state index in [2.05, 4.69) is 17.0 Å². The average Bonchev–Trinajstić information content (AvgIpc) is 2.71. The molecule has 2 aliphatic heterocycles. The summed E-state index contributed by atoms with van der Waals surface area (Å²) >= 11 is 0. The Morgan fingerprint density at radius 2 is 1.58 bits per heavy atom. The number of carbonyl (C=O) groups excluding carboxylic acids is 2. The molecular formula is C21H21NO4. The molecular weight excluding hydrogens is 330 g/mol. The monoisotopic (exact) mass is 351 g/mol. The van der Waals surface area contributed by atoms with Crippen molar-refractivity contribution in [1.29, 1.82) is 0 Å². The molecule has 0 aromatic heterocycles. The van der Waals surface area contributed by atoms with Gasteiger partial charge in [-0.05, 0) is 29.2 Å². The van der Waals surface area contributed by atoms with Crippen LogP contribution in [0, 0.1) is 5.41 Å². The fourth-order valence-corrected chi connectivity index (χ4v) is 4.51. The van der Waals surface area contributed by atoms with Crippen LogP contribution < -0.4 is 4.90 Å². The van der Waals surface area contributed by atoms with E-state index in [1.54, 1.807) is 0 Å². The molecule has 2 aromatic carbocycles. The maximum Gasteiger partial charge on any atom is 0.326 e. The van der Waals surface area contributed by atoms with Gasteiger partial charge in [-0.15, -0.1) is 0 Å². The van der Waals surface area contributed by atoms with Crippen molar-refractivity contribution in [2.75, 3.05) is 25.7 Å². The molecule has 0 fully saturated rings. The first-order valence-corrected chi connectivity index (χ1v) is 8.72. The first-order chi connectivity index (χ1) is 12.6. The summed E-state index contributed by atoms with van der Waals surface area (Å²) in [5.41, 5.74) is 2.75. The quantitative estimate of drug-likeness (QED) is 0.615. The van der Waals surface area contributed by atoms with E-state index in [4.69, 9.17) is 9.47 Å². The van der Waals surface area contributed by atoms with Crippen LogP contribution >= 0.6 is 0 Å². The molecule has 0 radical (unpaired) electrons. The van der Waals surface area contributed by atoms with Crippen molar-refractivity contribution in [3.63, 3.8) is 0 Å². The number of carbonyl (C=O) groups is 2. The average molecular weight is 351 g/mol. The Morgan fingerprint density at radius 1 is 0.962 bits per heavy atom. The lowest BCUT2D eigenvalue weighted by atomic mass is 9.66. The summed E-state index contributed by atoms with van der Waals surface area (Å²) in [7, 11) is 2.65. The van der Waals surface area contributed by atoms with Crippen molar-refractivity contribution in [3.8, 4) is 0 Å².